The summed E-state index contributed by atoms with van der Waals surface area (Å²) in [7, 11) is 2.36. The highest BCUT2D eigenvalue weighted by Crippen LogP contribution is 2.37. The van der Waals surface area contributed by atoms with Gasteiger partial charge in [0.2, 0.25) is 0 Å². The number of rotatable bonds is 5. The van der Waals surface area contributed by atoms with Crippen LogP contribution < -0.4 is 5.73 Å². The van der Waals surface area contributed by atoms with Gasteiger partial charge in [0, 0.05) is 12.6 Å². The number of nitrogens with two attached hydrogens (primary N) is 1. The lowest BCUT2D eigenvalue weighted by molar-refractivity contribution is 0.0938. The molecule has 2 heteroatoms. The van der Waals surface area contributed by atoms with Gasteiger partial charge in [0.05, 0.1) is 0 Å². The van der Waals surface area contributed by atoms with Crippen molar-refractivity contribution in [3.05, 3.63) is 0 Å². The Bertz CT molecular complexity index is 261. The van der Waals surface area contributed by atoms with Crippen molar-refractivity contribution in [1.82, 2.24) is 4.90 Å². The zero-order valence-electron chi connectivity index (χ0n) is 13.9. The first-order valence-corrected chi connectivity index (χ1v) is 9.09. The van der Waals surface area contributed by atoms with Crippen LogP contribution >= 0.6 is 0 Å². The molecule has 0 atom stereocenters. The summed E-state index contributed by atoms with van der Waals surface area (Å²) in [4.78, 5) is 2.67. The van der Waals surface area contributed by atoms with E-state index in [1.54, 1.807) is 0 Å². The SMILES string of the molecule is CCC1CCC(N(C)CC2(CN)CCCCCC2)CC1. The Kier molecular flexibility index (Phi) is 6.35. The summed E-state index contributed by atoms with van der Waals surface area (Å²) >= 11 is 0. The lowest BCUT2D eigenvalue weighted by atomic mass is 9.78. The zero-order valence-corrected chi connectivity index (χ0v) is 13.9. The summed E-state index contributed by atoms with van der Waals surface area (Å²) in [5, 5.41) is 0. The lowest BCUT2D eigenvalue weighted by Gasteiger charge is -2.41. The molecule has 0 amide bonds. The second-order valence-electron chi connectivity index (χ2n) is 7.62. The van der Waals surface area contributed by atoms with Gasteiger partial charge in [0.1, 0.15) is 0 Å². The first kappa shape index (κ1) is 16.3. The Morgan fingerprint density at radius 3 is 2.10 bits per heavy atom. The monoisotopic (exact) mass is 280 g/mol. The first-order chi connectivity index (χ1) is 9.69. The van der Waals surface area contributed by atoms with E-state index in [4.69, 9.17) is 5.73 Å². The fourth-order valence-corrected chi connectivity index (χ4v) is 4.56. The molecule has 2 nitrogen and oxygen atoms in total. The van der Waals surface area contributed by atoms with Crippen molar-refractivity contribution < 1.29 is 0 Å². The number of nitrogens with zero attached hydrogens (tertiary/aromatic N) is 1. The van der Waals surface area contributed by atoms with Crippen LogP contribution in [0.3, 0.4) is 0 Å². The summed E-state index contributed by atoms with van der Waals surface area (Å²) in [6, 6.07) is 0.824. The van der Waals surface area contributed by atoms with Crippen LogP contribution in [-0.2, 0) is 0 Å². The zero-order chi connectivity index (χ0) is 14.4. The van der Waals surface area contributed by atoms with Gasteiger partial charge in [-0.2, -0.15) is 0 Å². The average molecular weight is 280 g/mol. The molecule has 0 aromatic heterocycles. The van der Waals surface area contributed by atoms with E-state index < -0.39 is 0 Å². The summed E-state index contributed by atoms with van der Waals surface area (Å²) in [5.74, 6) is 1.00. The van der Waals surface area contributed by atoms with E-state index in [1.165, 1.54) is 77.2 Å². The van der Waals surface area contributed by atoms with E-state index in [1.807, 2.05) is 0 Å². The third kappa shape index (κ3) is 4.21. The normalized spacial score (nSPS) is 31.2. The maximum atomic E-state index is 6.20. The van der Waals surface area contributed by atoms with Crippen LogP contribution in [0.2, 0.25) is 0 Å². The Morgan fingerprint density at radius 2 is 1.60 bits per heavy atom. The van der Waals surface area contributed by atoms with Gasteiger partial charge in [-0.25, -0.2) is 0 Å². The van der Waals surface area contributed by atoms with Gasteiger partial charge >= 0.3 is 0 Å². The molecule has 2 fully saturated rings. The van der Waals surface area contributed by atoms with Crippen molar-refractivity contribution in [3.8, 4) is 0 Å². The van der Waals surface area contributed by atoms with Gasteiger partial charge < -0.3 is 10.6 Å². The molecule has 0 radical (unpaired) electrons. The second kappa shape index (κ2) is 7.79. The molecule has 0 heterocycles. The summed E-state index contributed by atoms with van der Waals surface area (Å²) < 4.78 is 0. The summed E-state index contributed by atoms with van der Waals surface area (Å²) in [5.41, 5.74) is 6.63. The summed E-state index contributed by atoms with van der Waals surface area (Å²) in [6.07, 6.45) is 15.5. The highest BCUT2D eigenvalue weighted by Gasteiger charge is 2.33. The molecule has 20 heavy (non-hydrogen) atoms. The third-order valence-electron chi connectivity index (χ3n) is 6.20. The van der Waals surface area contributed by atoms with E-state index in [0.29, 0.717) is 5.41 Å². The van der Waals surface area contributed by atoms with Crippen LogP contribution in [0.15, 0.2) is 0 Å². The highest BCUT2D eigenvalue weighted by atomic mass is 15.1. The maximum absolute atomic E-state index is 6.20. The Hall–Kier alpha value is -0.0800. The Balaban J connectivity index is 1.87. The van der Waals surface area contributed by atoms with Gasteiger partial charge in [-0.15, -0.1) is 0 Å². The predicted octanol–water partition coefficient (Wildman–Crippen LogP) is 4.19. The Morgan fingerprint density at radius 1 is 1.00 bits per heavy atom. The molecule has 0 saturated heterocycles. The van der Waals surface area contributed by atoms with Crippen molar-refractivity contribution >= 4 is 0 Å². The molecule has 0 spiro atoms. The van der Waals surface area contributed by atoms with Crippen LogP contribution in [0.25, 0.3) is 0 Å². The average Bonchev–Trinajstić information content (AvgIpc) is 2.73. The molecule has 2 aliphatic carbocycles. The highest BCUT2D eigenvalue weighted by molar-refractivity contribution is 4.88. The molecule has 118 valence electrons. The van der Waals surface area contributed by atoms with E-state index in [0.717, 1.165) is 18.5 Å². The Labute approximate surface area is 126 Å². The van der Waals surface area contributed by atoms with E-state index in [-0.39, 0.29) is 0 Å². The maximum Gasteiger partial charge on any atom is 0.00926 e. The van der Waals surface area contributed by atoms with Crippen LogP contribution in [0.5, 0.6) is 0 Å². The van der Waals surface area contributed by atoms with E-state index in [2.05, 4.69) is 18.9 Å². The van der Waals surface area contributed by atoms with Gasteiger partial charge in [0.15, 0.2) is 0 Å². The number of hydrogen-bond acceptors (Lipinski definition) is 2. The fraction of sp³-hybridized carbons (Fsp3) is 1.00. The third-order valence-corrected chi connectivity index (χ3v) is 6.20. The first-order valence-electron chi connectivity index (χ1n) is 9.09. The largest absolute Gasteiger partial charge is 0.330 e. The predicted molar refractivity (Wildman–Crippen MR) is 87.9 cm³/mol. The van der Waals surface area contributed by atoms with Crippen LogP contribution in [0.4, 0.5) is 0 Å². The van der Waals surface area contributed by atoms with Gasteiger partial charge in [-0.1, -0.05) is 39.0 Å². The van der Waals surface area contributed by atoms with E-state index in [9.17, 15) is 0 Å². The van der Waals surface area contributed by atoms with Crippen LogP contribution in [0.1, 0.15) is 77.6 Å². The van der Waals surface area contributed by atoms with Crippen molar-refractivity contribution in [3.63, 3.8) is 0 Å². The van der Waals surface area contributed by atoms with Crippen LogP contribution in [-0.4, -0.2) is 31.1 Å². The van der Waals surface area contributed by atoms with Gasteiger partial charge in [-0.05, 0) is 63.5 Å². The minimum absolute atomic E-state index is 0.423. The molecule has 0 unspecified atom stereocenters. The second-order valence-corrected chi connectivity index (χ2v) is 7.62. The molecular formula is C18H36N2. The minimum Gasteiger partial charge on any atom is -0.330 e. The minimum atomic E-state index is 0.423. The van der Waals surface area contributed by atoms with Crippen molar-refractivity contribution in [2.24, 2.45) is 17.1 Å². The van der Waals surface area contributed by atoms with Crippen molar-refractivity contribution in [1.29, 1.82) is 0 Å². The van der Waals surface area contributed by atoms with Gasteiger partial charge in [0.25, 0.3) is 0 Å². The van der Waals surface area contributed by atoms with Crippen LogP contribution in [0, 0.1) is 11.3 Å². The molecule has 0 aromatic carbocycles. The molecule has 0 aromatic rings. The molecule has 2 saturated carbocycles. The molecule has 0 aliphatic heterocycles. The molecule has 2 rings (SSSR count). The van der Waals surface area contributed by atoms with Gasteiger partial charge in [-0.3, -0.25) is 0 Å². The molecule has 2 aliphatic rings. The van der Waals surface area contributed by atoms with Crippen molar-refractivity contribution in [2.75, 3.05) is 20.1 Å². The van der Waals surface area contributed by atoms with Crippen molar-refractivity contribution in [2.45, 2.75) is 83.6 Å². The quantitative estimate of drug-likeness (QED) is 0.765. The standard InChI is InChI=1S/C18H36N2/c1-3-16-8-10-17(11-9-16)20(2)15-18(14-19)12-6-4-5-7-13-18/h16-17H,3-15,19H2,1-2H3. The smallest absolute Gasteiger partial charge is 0.00926 e. The summed E-state index contributed by atoms with van der Waals surface area (Å²) in [6.45, 7) is 4.48. The lowest BCUT2D eigenvalue weighted by Crippen LogP contribution is -2.45. The van der Waals surface area contributed by atoms with E-state index >= 15 is 0 Å². The fourth-order valence-electron chi connectivity index (χ4n) is 4.56. The molecular weight excluding hydrogens is 244 g/mol. The number of hydrogen-bond donors (Lipinski definition) is 1. The molecule has 2 N–H and O–H groups in total. The topological polar surface area (TPSA) is 29.3 Å². The molecule has 0 bridgehead atoms.